The molecule has 134 valence electrons. The first-order chi connectivity index (χ1) is 11.4. The molecule has 1 aromatic rings. The standard InChI is InChI=1S/C18H25F2NO3/c1-4-23-16-10-13(8-9-15(16)24-18(19)20)17(22)21-14-7-5-6-11(2)12(14)3/h8-12,14,18H,4-7H2,1-3H3,(H,21,22)/t11-,12+,14-/m1/s1. The van der Waals surface area contributed by atoms with E-state index >= 15 is 0 Å². The molecule has 6 heteroatoms. The molecule has 1 fully saturated rings. The van der Waals surface area contributed by atoms with Crippen LogP contribution in [0.5, 0.6) is 11.5 Å². The highest BCUT2D eigenvalue weighted by Gasteiger charge is 2.28. The fraction of sp³-hybridized carbons (Fsp3) is 0.611. The van der Waals surface area contributed by atoms with Crippen LogP contribution in [0.25, 0.3) is 0 Å². The first-order valence-corrected chi connectivity index (χ1v) is 8.44. The number of carbonyl (C=O) groups excluding carboxylic acids is 1. The molecule has 0 bridgehead atoms. The zero-order valence-electron chi connectivity index (χ0n) is 14.4. The highest BCUT2D eigenvalue weighted by molar-refractivity contribution is 5.95. The van der Waals surface area contributed by atoms with Gasteiger partial charge in [0, 0.05) is 11.6 Å². The van der Waals surface area contributed by atoms with E-state index in [1.54, 1.807) is 6.92 Å². The lowest BCUT2D eigenvalue weighted by atomic mass is 9.78. The second-order valence-electron chi connectivity index (χ2n) is 6.32. The minimum absolute atomic E-state index is 0.0666. The predicted octanol–water partition coefficient (Wildman–Crippen LogP) is 4.24. The van der Waals surface area contributed by atoms with Crippen molar-refractivity contribution in [3.8, 4) is 11.5 Å². The number of ether oxygens (including phenoxy) is 2. The van der Waals surface area contributed by atoms with E-state index in [1.807, 2.05) is 0 Å². The van der Waals surface area contributed by atoms with Gasteiger partial charge < -0.3 is 14.8 Å². The van der Waals surface area contributed by atoms with Gasteiger partial charge in [-0.1, -0.05) is 26.7 Å². The molecule has 1 aliphatic rings. The Morgan fingerprint density at radius 1 is 1.29 bits per heavy atom. The Bertz CT molecular complexity index is 565. The molecule has 0 radical (unpaired) electrons. The van der Waals surface area contributed by atoms with Gasteiger partial charge in [-0.2, -0.15) is 8.78 Å². The van der Waals surface area contributed by atoms with Crippen LogP contribution >= 0.6 is 0 Å². The zero-order chi connectivity index (χ0) is 17.7. The van der Waals surface area contributed by atoms with E-state index in [4.69, 9.17) is 4.74 Å². The minimum atomic E-state index is -2.94. The largest absolute Gasteiger partial charge is 0.490 e. The predicted molar refractivity (Wildman–Crippen MR) is 87.7 cm³/mol. The van der Waals surface area contributed by atoms with Gasteiger partial charge in [-0.25, -0.2) is 0 Å². The normalized spacial score (nSPS) is 23.8. The van der Waals surface area contributed by atoms with E-state index in [-0.39, 0.29) is 23.4 Å². The Morgan fingerprint density at radius 2 is 2.04 bits per heavy atom. The van der Waals surface area contributed by atoms with Crippen LogP contribution in [0.3, 0.4) is 0 Å². The molecular formula is C18H25F2NO3. The first-order valence-electron chi connectivity index (χ1n) is 8.44. The first kappa shape index (κ1) is 18.5. The molecule has 4 nitrogen and oxygen atoms in total. The fourth-order valence-electron chi connectivity index (χ4n) is 3.15. The smallest absolute Gasteiger partial charge is 0.387 e. The summed E-state index contributed by atoms with van der Waals surface area (Å²) < 4.78 is 34.6. The van der Waals surface area contributed by atoms with Crippen LogP contribution in [0.1, 0.15) is 50.4 Å². The van der Waals surface area contributed by atoms with Crippen molar-refractivity contribution in [2.75, 3.05) is 6.61 Å². The van der Waals surface area contributed by atoms with Crippen LogP contribution in [-0.2, 0) is 0 Å². The van der Waals surface area contributed by atoms with Crippen molar-refractivity contribution in [2.24, 2.45) is 11.8 Å². The summed E-state index contributed by atoms with van der Waals surface area (Å²) in [5.74, 6) is 0.851. The number of amides is 1. The summed E-state index contributed by atoms with van der Waals surface area (Å²) in [6.45, 7) is 3.45. The molecule has 0 unspecified atom stereocenters. The lowest BCUT2D eigenvalue weighted by molar-refractivity contribution is -0.0514. The number of halogens is 2. The van der Waals surface area contributed by atoms with Crippen molar-refractivity contribution in [2.45, 2.75) is 52.7 Å². The molecule has 1 aromatic carbocycles. The lowest BCUT2D eigenvalue weighted by Crippen LogP contribution is -2.43. The zero-order valence-corrected chi connectivity index (χ0v) is 14.4. The third-order valence-corrected chi connectivity index (χ3v) is 4.75. The SMILES string of the molecule is CCOc1cc(C(=O)N[C@@H]2CCC[C@@H](C)[C@@H]2C)ccc1OC(F)F. The topological polar surface area (TPSA) is 47.6 Å². The average Bonchev–Trinajstić information content (AvgIpc) is 2.53. The molecule has 1 aliphatic carbocycles. The van der Waals surface area contributed by atoms with Gasteiger partial charge in [0.05, 0.1) is 6.61 Å². The third kappa shape index (κ3) is 4.58. The highest BCUT2D eigenvalue weighted by Crippen LogP contribution is 2.31. The Morgan fingerprint density at radius 3 is 2.71 bits per heavy atom. The summed E-state index contributed by atoms with van der Waals surface area (Å²) in [5.41, 5.74) is 0.380. The highest BCUT2D eigenvalue weighted by atomic mass is 19.3. The van der Waals surface area contributed by atoms with E-state index in [2.05, 4.69) is 23.9 Å². The number of hydrogen-bond acceptors (Lipinski definition) is 3. The van der Waals surface area contributed by atoms with Gasteiger partial charge >= 0.3 is 6.61 Å². The molecule has 0 heterocycles. The molecule has 0 aliphatic heterocycles. The minimum Gasteiger partial charge on any atom is -0.490 e. The molecule has 1 amide bonds. The Labute approximate surface area is 141 Å². The summed E-state index contributed by atoms with van der Waals surface area (Å²) in [7, 11) is 0. The monoisotopic (exact) mass is 341 g/mol. The van der Waals surface area contributed by atoms with E-state index in [9.17, 15) is 13.6 Å². The molecule has 1 saturated carbocycles. The maximum atomic E-state index is 12.5. The van der Waals surface area contributed by atoms with Crippen molar-refractivity contribution < 1.29 is 23.0 Å². The average molecular weight is 341 g/mol. The fourth-order valence-corrected chi connectivity index (χ4v) is 3.15. The molecular weight excluding hydrogens is 316 g/mol. The van der Waals surface area contributed by atoms with E-state index in [1.165, 1.54) is 24.6 Å². The molecule has 2 rings (SSSR count). The summed E-state index contributed by atoms with van der Waals surface area (Å²) >= 11 is 0. The van der Waals surface area contributed by atoms with Crippen LogP contribution in [0, 0.1) is 11.8 Å². The van der Waals surface area contributed by atoms with Crippen LogP contribution in [0.2, 0.25) is 0 Å². The van der Waals surface area contributed by atoms with Crippen molar-refractivity contribution in [3.05, 3.63) is 23.8 Å². The molecule has 1 N–H and O–H groups in total. The van der Waals surface area contributed by atoms with Crippen molar-refractivity contribution in [1.82, 2.24) is 5.32 Å². The summed E-state index contributed by atoms with van der Waals surface area (Å²) in [4.78, 5) is 12.5. The van der Waals surface area contributed by atoms with Crippen molar-refractivity contribution in [3.63, 3.8) is 0 Å². The van der Waals surface area contributed by atoms with Crippen LogP contribution in [-0.4, -0.2) is 25.2 Å². The molecule has 3 atom stereocenters. The summed E-state index contributed by atoms with van der Waals surface area (Å²) in [6.07, 6.45) is 3.24. The quantitative estimate of drug-likeness (QED) is 0.842. The van der Waals surface area contributed by atoms with E-state index < -0.39 is 6.61 Å². The number of carbonyl (C=O) groups is 1. The second kappa shape index (κ2) is 8.31. The number of rotatable bonds is 6. The van der Waals surface area contributed by atoms with Crippen LogP contribution < -0.4 is 14.8 Å². The Hall–Kier alpha value is -1.85. The maximum Gasteiger partial charge on any atom is 0.387 e. The van der Waals surface area contributed by atoms with Crippen molar-refractivity contribution >= 4 is 5.91 Å². The molecule has 24 heavy (non-hydrogen) atoms. The molecule has 0 spiro atoms. The van der Waals surface area contributed by atoms with Gasteiger partial charge in [0.15, 0.2) is 11.5 Å². The molecule has 0 saturated heterocycles. The Balaban J connectivity index is 2.12. The Kier molecular flexibility index (Phi) is 6.40. The third-order valence-electron chi connectivity index (χ3n) is 4.75. The number of benzene rings is 1. The maximum absolute atomic E-state index is 12.5. The van der Waals surface area contributed by atoms with Gasteiger partial charge in [0.1, 0.15) is 0 Å². The van der Waals surface area contributed by atoms with Gasteiger partial charge in [-0.05, 0) is 43.4 Å². The van der Waals surface area contributed by atoms with Gasteiger partial charge in [-0.3, -0.25) is 4.79 Å². The van der Waals surface area contributed by atoms with E-state index in [0.29, 0.717) is 24.0 Å². The second-order valence-corrected chi connectivity index (χ2v) is 6.32. The van der Waals surface area contributed by atoms with Crippen LogP contribution in [0.15, 0.2) is 18.2 Å². The van der Waals surface area contributed by atoms with Gasteiger partial charge in [0.2, 0.25) is 0 Å². The lowest BCUT2D eigenvalue weighted by Gasteiger charge is -2.34. The number of hydrogen-bond donors (Lipinski definition) is 1. The van der Waals surface area contributed by atoms with Crippen LogP contribution in [0.4, 0.5) is 8.78 Å². The number of nitrogens with one attached hydrogen (secondary N) is 1. The summed E-state index contributed by atoms with van der Waals surface area (Å²) in [6, 6.07) is 4.41. The van der Waals surface area contributed by atoms with E-state index in [0.717, 1.165) is 12.8 Å². The summed E-state index contributed by atoms with van der Waals surface area (Å²) in [5, 5.41) is 3.06. The van der Waals surface area contributed by atoms with Gasteiger partial charge in [-0.15, -0.1) is 0 Å². The number of alkyl halides is 2. The van der Waals surface area contributed by atoms with Gasteiger partial charge in [0.25, 0.3) is 5.91 Å². The van der Waals surface area contributed by atoms with Crippen molar-refractivity contribution in [1.29, 1.82) is 0 Å². The molecule has 0 aromatic heterocycles.